The van der Waals surface area contributed by atoms with Gasteiger partial charge in [0.1, 0.15) is 11.9 Å². The zero-order valence-corrected chi connectivity index (χ0v) is 12.7. The molecule has 4 heteroatoms. The van der Waals surface area contributed by atoms with Gasteiger partial charge in [-0.05, 0) is 49.7 Å². The third kappa shape index (κ3) is 2.62. The lowest BCUT2D eigenvalue weighted by Gasteiger charge is -2.35. The summed E-state index contributed by atoms with van der Waals surface area (Å²) in [4.78, 5) is 18.9. The highest BCUT2D eigenvalue weighted by Gasteiger charge is 2.42. The Labute approximate surface area is 131 Å². The molecule has 4 nitrogen and oxygen atoms in total. The lowest BCUT2D eigenvalue weighted by molar-refractivity contribution is -0.139. The van der Waals surface area contributed by atoms with Gasteiger partial charge in [-0.15, -0.1) is 0 Å². The topological polar surface area (TPSA) is 42.4 Å². The molecule has 0 radical (unpaired) electrons. The average molecular weight is 298 g/mol. The number of carbonyl (C=O) groups is 1. The van der Waals surface area contributed by atoms with Gasteiger partial charge in [-0.25, -0.2) is 0 Å². The summed E-state index contributed by atoms with van der Waals surface area (Å²) in [5.41, 5.74) is 0. The third-order valence-corrected chi connectivity index (χ3v) is 5.24. The molecule has 2 heterocycles. The molecule has 1 aromatic heterocycles. The van der Waals surface area contributed by atoms with Gasteiger partial charge < -0.3 is 9.64 Å². The summed E-state index contributed by atoms with van der Waals surface area (Å²) in [7, 11) is 0. The zero-order valence-electron chi connectivity index (χ0n) is 12.7. The summed E-state index contributed by atoms with van der Waals surface area (Å²) in [6.45, 7) is 1.60. The van der Waals surface area contributed by atoms with Crippen molar-refractivity contribution in [3.8, 4) is 5.75 Å². The summed E-state index contributed by atoms with van der Waals surface area (Å²) in [6, 6.07) is 3.75. The summed E-state index contributed by atoms with van der Waals surface area (Å²) in [5, 5.41) is 0. The van der Waals surface area contributed by atoms with Crippen molar-refractivity contribution in [2.45, 2.75) is 31.8 Å². The lowest BCUT2D eigenvalue weighted by Crippen LogP contribution is -2.47. The fourth-order valence-corrected chi connectivity index (χ4v) is 4.14. The number of likely N-dealkylation sites (tertiary alicyclic amines) is 1. The number of aromatic nitrogens is 1. The number of carbonyl (C=O) groups excluding carboxylic acids is 1. The van der Waals surface area contributed by atoms with Crippen LogP contribution >= 0.6 is 0 Å². The maximum absolute atomic E-state index is 12.8. The van der Waals surface area contributed by atoms with Crippen LogP contribution in [0, 0.1) is 17.8 Å². The molecule has 22 heavy (non-hydrogen) atoms. The number of hydrogen-bond acceptors (Lipinski definition) is 3. The summed E-state index contributed by atoms with van der Waals surface area (Å²) >= 11 is 0. The standard InChI is InChI=1S/C18H22N2O2/c21-18(17-11-13-3-4-14(17)10-13)20-9-1-2-16(12-20)22-15-5-7-19-8-6-15/h3-8,13-14,16-17H,1-2,9-12H2. The van der Waals surface area contributed by atoms with Gasteiger partial charge in [0.25, 0.3) is 0 Å². The Morgan fingerprint density at radius 3 is 2.82 bits per heavy atom. The molecule has 4 rings (SSSR count). The third-order valence-electron chi connectivity index (χ3n) is 5.24. The molecule has 0 aromatic carbocycles. The van der Waals surface area contributed by atoms with Crippen LogP contribution in [0.5, 0.6) is 5.75 Å². The van der Waals surface area contributed by atoms with Gasteiger partial charge in [0, 0.05) is 24.9 Å². The number of nitrogens with zero attached hydrogens (tertiary/aromatic N) is 2. The Kier molecular flexibility index (Phi) is 3.60. The minimum atomic E-state index is 0.106. The molecule has 0 N–H and O–H groups in total. The monoisotopic (exact) mass is 298 g/mol. The number of ether oxygens (including phenoxy) is 1. The van der Waals surface area contributed by atoms with E-state index in [2.05, 4.69) is 17.1 Å². The Morgan fingerprint density at radius 2 is 2.09 bits per heavy atom. The SMILES string of the molecule is O=C(C1CC2C=CC1C2)N1CCCC(Oc2ccncc2)C1. The van der Waals surface area contributed by atoms with Crippen molar-refractivity contribution in [3.63, 3.8) is 0 Å². The lowest BCUT2D eigenvalue weighted by atomic mass is 9.91. The van der Waals surface area contributed by atoms with Crippen molar-refractivity contribution in [2.24, 2.45) is 17.8 Å². The maximum atomic E-state index is 12.8. The molecule has 1 saturated heterocycles. The summed E-state index contributed by atoms with van der Waals surface area (Å²) < 4.78 is 6.01. The minimum Gasteiger partial charge on any atom is -0.488 e. The number of hydrogen-bond donors (Lipinski definition) is 0. The van der Waals surface area contributed by atoms with Gasteiger partial charge in [0.15, 0.2) is 0 Å². The minimum absolute atomic E-state index is 0.106. The Hall–Kier alpha value is -1.84. The molecule has 3 aliphatic rings. The predicted molar refractivity (Wildman–Crippen MR) is 83.3 cm³/mol. The van der Waals surface area contributed by atoms with E-state index in [0.29, 0.717) is 17.7 Å². The van der Waals surface area contributed by atoms with E-state index < -0.39 is 0 Å². The number of pyridine rings is 1. The first-order chi connectivity index (χ1) is 10.8. The van der Waals surface area contributed by atoms with Crippen molar-refractivity contribution >= 4 is 5.91 Å². The molecule has 4 atom stereocenters. The van der Waals surface area contributed by atoms with Crippen LogP contribution in [0.15, 0.2) is 36.7 Å². The molecule has 2 bridgehead atoms. The van der Waals surface area contributed by atoms with Gasteiger partial charge >= 0.3 is 0 Å². The van der Waals surface area contributed by atoms with Crippen molar-refractivity contribution in [2.75, 3.05) is 13.1 Å². The largest absolute Gasteiger partial charge is 0.488 e. The van der Waals surface area contributed by atoms with E-state index in [4.69, 9.17) is 4.74 Å². The van der Waals surface area contributed by atoms with Crippen LogP contribution in [0.4, 0.5) is 0 Å². The van der Waals surface area contributed by atoms with Gasteiger partial charge in [0.05, 0.1) is 6.54 Å². The molecule has 4 unspecified atom stereocenters. The van der Waals surface area contributed by atoms with Gasteiger partial charge in [-0.3, -0.25) is 9.78 Å². The number of fused-ring (bicyclic) bond motifs is 2. The highest BCUT2D eigenvalue weighted by atomic mass is 16.5. The fraction of sp³-hybridized carbons (Fsp3) is 0.556. The second kappa shape index (κ2) is 5.75. The summed E-state index contributed by atoms with van der Waals surface area (Å²) in [6.07, 6.45) is 12.4. The van der Waals surface area contributed by atoms with E-state index in [-0.39, 0.29) is 12.0 Å². The first-order valence-electron chi connectivity index (χ1n) is 8.33. The smallest absolute Gasteiger partial charge is 0.226 e. The van der Waals surface area contributed by atoms with E-state index >= 15 is 0 Å². The molecular formula is C18H22N2O2. The molecule has 116 valence electrons. The highest BCUT2D eigenvalue weighted by Crippen LogP contribution is 2.44. The van der Waals surface area contributed by atoms with E-state index in [1.54, 1.807) is 12.4 Å². The summed E-state index contributed by atoms with van der Waals surface area (Å²) in [5.74, 6) is 2.54. The Bertz CT molecular complexity index is 572. The van der Waals surface area contributed by atoms with Crippen molar-refractivity contribution in [1.82, 2.24) is 9.88 Å². The molecule has 1 saturated carbocycles. The first kappa shape index (κ1) is 13.8. The average Bonchev–Trinajstić information content (AvgIpc) is 3.18. The number of piperidine rings is 1. The van der Waals surface area contributed by atoms with Crippen molar-refractivity contribution < 1.29 is 9.53 Å². The Balaban J connectivity index is 1.38. The number of rotatable bonds is 3. The quantitative estimate of drug-likeness (QED) is 0.806. The highest BCUT2D eigenvalue weighted by molar-refractivity contribution is 5.80. The van der Waals surface area contributed by atoms with E-state index in [0.717, 1.165) is 38.1 Å². The van der Waals surface area contributed by atoms with Crippen LogP contribution in [0.2, 0.25) is 0 Å². The maximum Gasteiger partial charge on any atom is 0.226 e. The van der Waals surface area contributed by atoms with Gasteiger partial charge in [-0.1, -0.05) is 12.2 Å². The molecule has 1 aliphatic heterocycles. The molecule has 1 amide bonds. The normalized spacial score (nSPS) is 33.2. The van der Waals surface area contributed by atoms with Crippen LogP contribution < -0.4 is 4.74 Å². The van der Waals surface area contributed by atoms with E-state index in [1.165, 1.54) is 6.42 Å². The van der Waals surface area contributed by atoms with Crippen LogP contribution in [0.1, 0.15) is 25.7 Å². The fourth-order valence-electron chi connectivity index (χ4n) is 4.14. The van der Waals surface area contributed by atoms with E-state index in [9.17, 15) is 4.79 Å². The van der Waals surface area contributed by atoms with Crippen LogP contribution in [-0.2, 0) is 4.79 Å². The number of amides is 1. The molecule has 2 aliphatic carbocycles. The van der Waals surface area contributed by atoms with Crippen LogP contribution in [0.3, 0.4) is 0 Å². The van der Waals surface area contributed by atoms with E-state index in [1.807, 2.05) is 17.0 Å². The first-order valence-corrected chi connectivity index (χ1v) is 8.33. The van der Waals surface area contributed by atoms with Crippen LogP contribution in [-0.4, -0.2) is 35.0 Å². The van der Waals surface area contributed by atoms with Crippen molar-refractivity contribution in [3.05, 3.63) is 36.7 Å². The Morgan fingerprint density at radius 1 is 1.23 bits per heavy atom. The second-order valence-electron chi connectivity index (χ2n) is 6.74. The van der Waals surface area contributed by atoms with Crippen molar-refractivity contribution in [1.29, 1.82) is 0 Å². The molecule has 0 spiro atoms. The van der Waals surface area contributed by atoms with Gasteiger partial charge in [-0.2, -0.15) is 0 Å². The van der Waals surface area contributed by atoms with Crippen LogP contribution in [0.25, 0.3) is 0 Å². The predicted octanol–water partition coefficient (Wildman–Crippen LogP) is 2.66. The molecular weight excluding hydrogens is 276 g/mol. The number of allylic oxidation sites excluding steroid dienone is 2. The molecule has 2 fully saturated rings. The zero-order chi connectivity index (χ0) is 14.9. The second-order valence-corrected chi connectivity index (χ2v) is 6.74. The molecule has 1 aromatic rings. The van der Waals surface area contributed by atoms with Gasteiger partial charge in [0.2, 0.25) is 5.91 Å².